The Kier molecular flexibility index (Phi) is 5.05. The van der Waals surface area contributed by atoms with E-state index in [0.29, 0.717) is 30.0 Å². The number of halogens is 2. The zero-order chi connectivity index (χ0) is 22.6. The summed E-state index contributed by atoms with van der Waals surface area (Å²) in [5.41, 5.74) is 0.535. The van der Waals surface area contributed by atoms with Crippen LogP contribution < -0.4 is 5.32 Å². The van der Waals surface area contributed by atoms with Crippen molar-refractivity contribution < 1.29 is 18.8 Å². The monoisotopic (exact) mass is 459 g/mol. The molecule has 0 aliphatic heterocycles. The molecule has 0 bridgehead atoms. The van der Waals surface area contributed by atoms with Crippen molar-refractivity contribution in [1.82, 2.24) is 19.7 Å². The lowest BCUT2D eigenvalue weighted by Crippen LogP contribution is -2.24. The predicted octanol–water partition coefficient (Wildman–Crippen LogP) is 3.95. The molecule has 2 heterocycles. The smallest absolute Gasteiger partial charge is 0.274 e. The van der Waals surface area contributed by atoms with Crippen LogP contribution in [0.4, 0.5) is 10.1 Å². The van der Waals surface area contributed by atoms with Crippen LogP contribution in [0.15, 0.2) is 29.0 Å². The fraction of sp³-hybridized carbons (Fsp3) is 0.455. The van der Waals surface area contributed by atoms with Crippen LogP contribution in [0.3, 0.4) is 0 Å². The quantitative estimate of drug-likeness (QED) is 0.612. The molecule has 2 atom stereocenters. The maximum absolute atomic E-state index is 13.4. The largest absolute Gasteiger partial charge is 0.380 e. The van der Waals surface area contributed by atoms with Crippen molar-refractivity contribution in [2.75, 3.05) is 5.32 Å². The topological polar surface area (TPSA) is 106 Å². The number of anilines is 1. The molecule has 3 aromatic rings. The maximum atomic E-state index is 13.4. The first-order chi connectivity index (χ1) is 15.2. The molecule has 10 heteroatoms. The number of benzene rings is 1. The predicted molar refractivity (Wildman–Crippen MR) is 114 cm³/mol. The summed E-state index contributed by atoms with van der Waals surface area (Å²) in [6, 6.07) is 4.06. The number of aryl methyl sites for hydroxylation is 2. The number of imidazole rings is 1. The minimum Gasteiger partial charge on any atom is -0.380 e. The highest BCUT2D eigenvalue weighted by Crippen LogP contribution is 2.56. The zero-order valence-corrected chi connectivity index (χ0v) is 18.4. The summed E-state index contributed by atoms with van der Waals surface area (Å²) in [5.74, 6) is 0.609. The van der Waals surface area contributed by atoms with Gasteiger partial charge in [-0.25, -0.2) is 9.37 Å². The highest BCUT2D eigenvalue weighted by Gasteiger charge is 2.53. The molecule has 32 heavy (non-hydrogen) atoms. The fourth-order valence-corrected chi connectivity index (χ4v) is 5.52. The van der Waals surface area contributed by atoms with Gasteiger partial charge in [0.05, 0.1) is 17.0 Å². The van der Waals surface area contributed by atoms with E-state index in [1.54, 1.807) is 24.9 Å². The van der Waals surface area contributed by atoms with Crippen LogP contribution in [-0.2, 0) is 12.6 Å². The van der Waals surface area contributed by atoms with Gasteiger partial charge >= 0.3 is 0 Å². The average molecular weight is 460 g/mol. The lowest BCUT2D eigenvalue weighted by Gasteiger charge is -2.20. The lowest BCUT2D eigenvalue weighted by atomic mass is 9.92. The van der Waals surface area contributed by atoms with Crippen molar-refractivity contribution in [3.63, 3.8) is 0 Å². The molecular formula is C22H23ClFN5O3. The van der Waals surface area contributed by atoms with E-state index >= 15 is 0 Å². The van der Waals surface area contributed by atoms with Crippen LogP contribution in [-0.4, -0.2) is 30.7 Å². The zero-order valence-electron chi connectivity index (χ0n) is 17.7. The third-order valence-electron chi connectivity index (χ3n) is 6.71. The van der Waals surface area contributed by atoms with Gasteiger partial charge < -0.3 is 19.5 Å². The van der Waals surface area contributed by atoms with Gasteiger partial charge in [-0.15, -0.1) is 0 Å². The Balaban J connectivity index is 1.32. The number of nitrogens with zero attached hydrogens (tertiary/aromatic N) is 4. The molecule has 5 rings (SSSR count). The van der Waals surface area contributed by atoms with Crippen molar-refractivity contribution in [3.8, 4) is 0 Å². The Labute approximate surface area is 188 Å². The molecule has 0 spiro atoms. The first-order valence-corrected chi connectivity index (χ1v) is 10.9. The van der Waals surface area contributed by atoms with E-state index in [-0.39, 0.29) is 34.6 Å². The standard InChI is InChI=1S/C22H23ClFN5O3/c1-11-26-21(32-28-11)22(31)8-13-5-12(6-14(13)9-22)18-19(29(2)10-25-18)20(30)27-15-3-4-17(24)16(23)7-15/h3-4,7,10,12-14,31H,5-6,8-9H2,1-2H3,(H,27,30). The number of fused-ring (bicyclic) bond motifs is 1. The second-order valence-electron chi connectivity index (χ2n) is 8.95. The van der Waals surface area contributed by atoms with Gasteiger partial charge in [-0.1, -0.05) is 16.8 Å². The van der Waals surface area contributed by atoms with Gasteiger partial charge in [0, 0.05) is 18.7 Å². The van der Waals surface area contributed by atoms with E-state index < -0.39 is 11.4 Å². The summed E-state index contributed by atoms with van der Waals surface area (Å²) in [6.07, 6.45) is 4.38. The lowest BCUT2D eigenvalue weighted by molar-refractivity contribution is 0.00248. The summed E-state index contributed by atoms with van der Waals surface area (Å²) in [4.78, 5) is 21.8. The third kappa shape index (κ3) is 3.59. The van der Waals surface area contributed by atoms with Crippen LogP contribution in [0.2, 0.25) is 5.02 Å². The van der Waals surface area contributed by atoms with E-state index in [1.807, 2.05) is 0 Å². The molecule has 0 radical (unpaired) electrons. The Morgan fingerprint density at radius 2 is 2.06 bits per heavy atom. The molecule has 2 aliphatic carbocycles. The van der Waals surface area contributed by atoms with Crippen LogP contribution in [0.1, 0.15) is 59.5 Å². The third-order valence-corrected chi connectivity index (χ3v) is 7.00. The van der Waals surface area contributed by atoms with Gasteiger partial charge in [-0.2, -0.15) is 4.98 Å². The molecule has 8 nitrogen and oxygen atoms in total. The van der Waals surface area contributed by atoms with Crippen LogP contribution in [0.25, 0.3) is 0 Å². The minimum absolute atomic E-state index is 0.0550. The highest BCUT2D eigenvalue weighted by atomic mass is 35.5. The number of amides is 1. The number of aromatic nitrogens is 4. The Bertz CT molecular complexity index is 1180. The van der Waals surface area contributed by atoms with E-state index in [1.165, 1.54) is 18.2 Å². The average Bonchev–Trinajstić information content (AvgIpc) is 3.48. The molecule has 2 unspecified atom stereocenters. The normalized spacial score (nSPS) is 27.0. The summed E-state index contributed by atoms with van der Waals surface area (Å²) >= 11 is 5.83. The van der Waals surface area contributed by atoms with Gasteiger partial charge in [0.2, 0.25) is 0 Å². The number of nitrogens with one attached hydrogen (secondary N) is 1. The first-order valence-electron chi connectivity index (χ1n) is 10.5. The van der Waals surface area contributed by atoms with E-state index in [4.69, 9.17) is 16.1 Å². The molecule has 2 fully saturated rings. The van der Waals surface area contributed by atoms with Crippen molar-refractivity contribution in [1.29, 1.82) is 0 Å². The number of rotatable bonds is 4. The SMILES string of the molecule is Cc1noc(C2(O)CC3CC(c4ncn(C)c4C(=O)Nc4ccc(F)c(Cl)c4)CC3C2)n1. The van der Waals surface area contributed by atoms with Crippen LogP contribution in [0, 0.1) is 24.6 Å². The first kappa shape index (κ1) is 21.1. The molecular weight excluding hydrogens is 437 g/mol. The van der Waals surface area contributed by atoms with Crippen molar-refractivity contribution in [2.45, 2.75) is 44.1 Å². The molecule has 2 N–H and O–H groups in total. The molecule has 1 aromatic carbocycles. The van der Waals surface area contributed by atoms with E-state index in [9.17, 15) is 14.3 Å². The number of carbonyl (C=O) groups is 1. The second-order valence-corrected chi connectivity index (χ2v) is 9.35. The number of hydrogen-bond acceptors (Lipinski definition) is 6. The Hall–Kier alpha value is -2.78. The van der Waals surface area contributed by atoms with Gasteiger partial charge in [0.15, 0.2) is 5.82 Å². The fourth-order valence-electron chi connectivity index (χ4n) is 5.33. The number of carbonyl (C=O) groups excluding carboxylic acids is 1. The van der Waals surface area contributed by atoms with Gasteiger partial charge in [-0.3, -0.25) is 4.79 Å². The molecule has 168 valence electrons. The van der Waals surface area contributed by atoms with Gasteiger partial charge in [-0.05, 0) is 62.6 Å². The molecule has 0 saturated heterocycles. The molecule has 2 aliphatic rings. The highest BCUT2D eigenvalue weighted by molar-refractivity contribution is 6.31. The van der Waals surface area contributed by atoms with Crippen LogP contribution in [0.5, 0.6) is 0 Å². The summed E-state index contributed by atoms with van der Waals surface area (Å²) in [6.45, 7) is 1.73. The minimum atomic E-state index is -1.09. The number of aliphatic hydroxyl groups is 1. The summed E-state index contributed by atoms with van der Waals surface area (Å²) in [5, 5.41) is 17.6. The molecule has 2 saturated carbocycles. The van der Waals surface area contributed by atoms with Crippen molar-refractivity contribution in [2.24, 2.45) is 18.9 Å². The van der Waals surface area contributed by atoms with Gasteiger partial charge in [0.25, 0.3) is 11.8 Å². The van der Waals surface area contributed by atoms with Crippen molar-refractivity contribution >= 4 is 23.2 Å². The molecule has 2 aromatic heterocycles. The van der Waals surface area contributed by atoms with Gasteiger partial charge in [0.1, 0.15) is 17.1 Å². The van der Waals surface area contributed by atoms with E-state index in [0.717, 1.165) is 18.5 Å². The van der Waals surface area contributed by atoms with Crippen LogP contribution >= 0.6 is 11.6 Å². The van der Waals surface area contributed by atoms with Crippen molar-refractivity contribution in [3.05, 3.63) is 58.5 Å². The summed E-state index contributed by atoms with van der Waals surface area (Å²) in [7, 11) is 1.77. The summed E-state index contributed by atoms with van der Waals surface area (Å²) < 4.78 is 20.4. The Morgan fingerprint density at radius 3 is 2.69 bits per heavy atom. The Morgan fingerprint density at radius 1 is 1.34 bits per heavy atom. The van der Waals surface area contributed by atoms with E-state index in [2.05, 4.69) is 20.4 Å². The second kappa shape index (κ2) is 7.67. The number of hydrogen-bond donors (Lipinski definition) is 2. The maximum Gasteiger partial charge on any atom is 0.274 e. The molecule has 1 amide bonds.